The smallest absolute Gasteiger partial charge is 0.317 e. The maximum atomic E-state index is 12.3. The molecule has 0 radical (unpaired) electrons. The Labute approximate surface area is 179 Å². The Morgan fingerprint density at radius 3 is 2.55 bits per heavy atom. The molecular formula is C21H23ClN2O4S. The number of anilines is 2. The Kier molecular flexibility index (Phi) is 7.80. The highest BCUT2D eigenvalue weighted by atomic mass is 35.5. The molecule has 0 saturated carbocycles. The van der Waals surface area contributed by atoms with Crippen molar-refractivity contribution in [2.45, 2.75) is 17.9 Å². The van der Waals surface area contributed by atoms with Gasteiger partial charge in [0, 0.05) is 29.4 Å². The number of nitrogens with one attached hydrogen (secondary N) is 1. The molecule has 154 valence electrons. The summed E-state index contributed by atoms with van der Waals surface area (Å²) in [7, 11) is 0. The summed E-state index contributed by atoms with van der Waals surface area (Å²) in [6, 6.07) is 14.8. The number of ether oxygens (including phenoxy) is 2. The molecule has 0 aliphatic carbocycles. The summed E-state index contributed by atoms with van der Waals surface area (Å²) in [4.78, 5) is 27.4. The fraction of sp³-hybridized carbons (Fsp3) is 0.333. The topological polar surface area (TPSA) is 67.9 Å². The molecule has 0 aromatic heterocycles. The monoisotopic (exact) mass is 434 g/mol. The molecule has 29 heavy (non-hydrogen) atoms. The van der Waals surface area contributed by atoms with Gasteiger partial charge in [0.1, 0.15) is 0 Å². The van der Waals surface area contributed by atoms with E-state index in [2.05, 4.69) is 10.2 Å². The second-order valence-electron chi connectivity index (χ2n) is 6.49. The van der Waals surface area contributed by atoms with Gasteiger partial charge in [0.15, 0.2) is 6.10 Å². The highest BCUT2D eigenvalue weighted by Gasteiger charge is 2.19. The minimum atomic E-state index is -0.895. The Hall–Kier alpha value is -2.22. The van der Waals surface area contributed by atoms with E-state index >= 15 is 0 Å². The van der Waals surface area contributed by atoms with Gasteiger partial charge in [-0.25, -0.2) is 0 Å². The first-order valence-corrected chi connectivity index (χ1v) is 10.7. The number of amides is 1. The number of nitrogens with zero attached hydrogens (tertiary/aromatic N) is 1. The van der Waals surface area contributed by atoms with Crippen molar-refractivity contribution in [3.05, 3.63) is 53.6 Å². The lowest BCUT2D eigenvalue weighted by molar-refractivity contribution is -0.150. The maximum absolute atomic E-state index is 12.3. The molecule has 1 amide bonds. The highest BCUT2D eigenvalue weighted by molar-refractivity contribution is 8.00. The van der Waals surface area contributed by atoms with Crippen LogP contribution in [0.3, 0.4) is 0 Å². The van der Waals surface area contributed by atoms with E-state index in [0.29, 0.717) is 10.7 Å². The van der Waals surface area contributed by atoms with Crippen molar-refractivity contribution in [1.29, 1.82) is 0 Å². The molecule has 2 aromatic rings. The Morgan fingerprint density at radius 1 is 1.17 bits per heavy atom. The van der Waals surface area contributed by atoms with Crippen LogP contribution in [0.25, 0.3) is 0 Å². The zero-order chi connectivity index (χ0) is 20.6. The van der Waals surface area contributed by atoms with Crippen LogP contribution in [0.5, 0.6) is 0 Å². The van der Waals surface area contributed by atoms with Crippen molar-refractivity contribution in [2.24, 2.45) is 0 Å². The first-order valence-electron chi connectivity index (χ1n) is 9.33. The predicted octanol–water partition coefficient (Wildman–Crippen LogP) is 3.84. The van der Waals surface area contributed by atoms with E-state index in [0.717, 1.165) is 36.9 Å². The third-order valence-corrected chi connectivity index (χ3v) is 5.86. The van der Waals surface area contributed by atoms with Crippen molar-refractivity contribution in [3.8, 4) is 0 Å². The third-order valence-electron chi connectivity index (χ3n) is 4.37. The van der Waals surface area contributed by atoms with Crippen LogP contribution in [0, 0.1) is 0 Å². The summed E-state index contributed by atoms with van der Waals surface area (Å²) in [5, 5.41) is 3.35. The Bertz CT molecular complexity index is 841. The lowest BCUT2D eigenvalue weighted by Gasteiger charge is -2.28. The molecule has 3 rings (SSSR count). The van der Waals surface area contributed by atoms with Crippen LogP contribution < -0.4 is 10.2 Å². The van der Waals surface area contributed by atoms with Gasteiger partial charge in [-0.05, 0) is 43.3 Å². The molecule has 1 saturated heterocycles. The van der Waals surface area contributed by atoms with Crippen LogP contribution in [-0.2, 0) is 19.1 Å². The summed E-state index contributed by atoms with van der Waals surface area (Å²) in [5.74, 6) is -0.768. The predicted molar refractivity (Wildman–Crippen MR) is 116 cm³/mol. The summed E-state index contributed by atoms with van der Waals surface area (Å²) >= 11 is 7.34. The second kappa shape index (κ2) is 10.5. The zero-order valence-electron chi connectivity index (χ0n) is 16.1. The van der Waals surface area contributed by atoms with Crippen molar-refractivity contribution in [2.75, 3.05) is 42.3 Å². The molecule has 1 aliphatic heterocycles. The summed E-state index contributed by atoms with van der Waals surface area (Å²) in [6.45, 7) is 4.69. The Morgan fingerprint density at radius 2 is 1.86 bits per heavy atom. The van der Waals surface area contributed by atoms with Crippen molar-refractivity contribution >= 4 is 46.6 Å². The average molecular weight is 435 g/mol. The van der Waals surface area contributed by atoms with Gasteiger partial charge in [-0.1, -0.05) is 23.7 Å². The zero-order valence-corrected chi connectivity index (χ0v) is 17.7. The molecule has 6 nitrogen and oxygen atoms in total. The molecule has 1 unspecified atom stereocenters. The van der Waals surface area contributed by atoms with Gasteiger partial charge in [0.25, 0.3) is 5.91 Å². The van der Waals surface area contributed by atoms with Crippen molar-refractivity contribution in [1.82, 2.24) is 0 Å². The number of thioether (sulfide) groups is 1. The molecule has 1 fully saturated rings. The van der Waals surface area contributed by atoms with E-state index in [1.165, 1.54) is 11.8 Å². The summed E-state index contributed by atoms with van der Waals surface area (Å²) in [5.41, 5.74) is 1.74. The van der Waals surface area contributed by atoms with Crippen molar-refractivity contribution in [3.63, 3.8) is 0 Å². The molecule has 1 N–H and O–H groups in total. The van der Waals surface area contributed by atoms with Crippen LogP contribution in [0.4, 0.5) is 11.4 Å². The van der Waals surface area contributed by atoms with Gasteiger partial charge < -0.3 is 19.7 Å². The number of rotatable bonds is 7. The molecule has 0 bridgehead atoms. The van der Waals surface area contributed by atoms with E-state index in [1.54, 1.807) is 13.0 Å². The third kappa shape index (κ3) is 6.39. The highest BCUT2D eigenvalue weighted by Crippen LogP contribution is 2.26. The van der Waals surface area contributed by atoms with Gasteiger partial charge in [0.2, 0.25) is 0 Å². The molecule has 2 aromatic carbocycles. The molecule has 1 atom stereocenters. The van der Waals surface area contributed by atoms with Crippen LogP contribution in [0.15, 0.2) is 53.4 Å². The van der Waals surface area contributed by atoms with Crippen LogP contribution >= 0.6 is 23.4 Å². The fourth-order valence-electron chi connectivity index (χ4n) is 2.80. The van der Waals surface area contributed by atoms with E-state index in [9.17, 15) is 9.59 Å². The lowest BCUT2D eigenvalue weighted by atomic mass is 10.2. The van der Waals surface area contributed by atoms with Crippen LogP contribution in [-0.4, -0.2) is 50.0 Å². The number of carbonyl (C=O) groups excluding carboxylic acids is 2. The van der Waals surface area contributed by atoms with Crippen LogP contribution in [0.1, 0.15) is 6.92 Å². The number of morpholine rings is 1. The quantitative estimate of drug-likeness (QED) is 0.527. The summed E-state index contributed by atoms with van der Waals surface area (Å²) in [6.07, 6.45) is -0.895. The van der Waals surface area contributed by atoms with Gasteiger partial charge in [-0.3, -0.25) is 9.59 Å². The van der Waals surface area contributed by atoms with Crippen molar-refractivity contribution < 1.29 is 19.1 Å². The number of hydrogen-bond acceptors (Lipinski definition) is 6. The van der Waals surface area contributed by atoms with Gasteiger partial charge >= 0.3 is 5.97 Å². The lowest BCUT2D eigenvalue weighted by Crippen LogP contribution is -2.36. The van der Waals surface area contributed by atoms with E-state index in [4.69, 9.17) is 21.1 Å². The van der Waals surface area contributed by atoms with Gasteiger partial charge in [-0.15, -0.1) is 11.8 Å². The minimum Gasteiger partial charge on any atom is -0.452 e. The average Bonchev–Trinajstić information content (AvgIpc) is 2.74. The molecule has 1 aliphatic rings. The number of benzene rings is 2. The number of halogens is 1. The SMILES string of the molecule is CC(OC(=O)CSc1ccccc1Cl)C(=O)Nc1ccc(N2CCOCC2)cc1. The van der Waals surface area contributed by atoms with E-state index < -0.39 is 12.1 Å². The first kappa shape index (κ1) is 21.5. The first-order chi connectivity index (χ1) is 14.0. The Balaban J connectivity index is 1.45. The molecule has 8 heteroatoms. The molecule has 0 spiro atoms. The standard InChI is InChI=1S/C21H23ClN2O4S/c1-15(28-20(25)14-29-19-5-3-2-4-18(19)22)21(26)23-16-6-8-17(9-7-16)24-10-12-27-13-11-24/h2-9,15H,10-14H2,1H3,(H,23,26). The van der Waals surface area contributed by atoms with Crippen LogP contribution in [0.2, 0.25) is 5.02 Å². The van der Waals surface area contributed by atoms with E-state index in [1.807, 2.05) is 42.5 Å². The van der Waals surface area contributed by atoms with E-state index in [-0.39, 0.29) is 11.7 Å². The number of hydrogen-bond donors (Lipinski definition) is 1. The number of esters is 1. The normalized spacial score (nSPS) is 14.9. The second-order valence-corrected chi connectivity index (χ2v) is 7.91. The largest absolute Gasteiger partial charge is 0.452 e. The minimum absolute atomic E-state index is 0.0790. The maximum Gasteiger partial charge on any atom is 0.317 e. The molecule has 1 heterocycles. The number of carbonyl (C=O) groups is 2. The van der Waals surface area contributed by atoms with Gasteiger partial charge in [-0.2, -0.15) is 0 Å². The summed E-state index contributed by atoms with van der Waals surface area (Å²) < 4.78 is 10.6. The fourth-order valence-corrected chi connectivity index (χ4v) is 3.83. The molecular weight excluding hydrogens is 412 g/mol. The van der Waals surface area contributed by atoms with Gasteiger partial charge in [0.05, 0.1) is 24.0 Å².